The van der Waals surface area contributed by atoms with Crippen molar-refractivity contribution in [1.82, 2.24) is 4.98 Å². The molecular weight excluding hydrogens is 348 g/mol. The number of carbonyl (C=O) groups excluding carboxylic acids is 2. The summed E-state index contributed by atoms with van der Waals surface area (Å²) in [4.78, 5) is 29.1. The van der Waals surface area contributed by atoms with Gasteiger partial charge in [-0.05, 0) is 43.4 Å². The smallest absolute Gasteiger partial charge is 0.257 e. The zero-order valence-electron chi connectivity index (χ0n) is 12.8. The van der Waals surface area contributed by atoms with Gasteiger partial charge in [-0.15, -0.1) is 0 Å². The summed E-state index contributed by atoms with van der Waals surface area (Å²) in [5, 5.41) is 11.8. The van der Waals surface area contributed by atoms with Crippen molar-refractivity contribution >= 4 is 50.0 Å². The quantitative estimate of drug-likeness (QED) is 0.513. The summed E-state index contributed by atoms with van der Waals surface area (Å²) in [6.07, 6.45) is 4.80. The maximum absolute atomic E-state index is 12.8. The largest absolute Gasteiger partial charge is 0.300 e. The first-order valence-electron chi connectivity index (χ1n) is 7.73. The maximum Gasteiger partial charge on any atom is 0.257 e. The van der Waals surface area contributed by atoms with Gasteiger partial charge in [-0.25, -0.2) is 4.98 Å². The molecule has 2 aliphatic rings. The van der Waals surface area contributed by atoms with Crippen LogP contribution in [0.15, 0.2) is 30.4 Å². The molecule has 2 aromatic rings. The molecule has 3 unspecified atom stereocenters. The summed E-state index contributed by atoms with van der Waals surface area (Å²) in [5.41, 5.74) is 0.669. The SMILES string of the molecule is CC(=O)C1C2C=CC(C2)[C@H]1C(=O)N(O)c1nc2ccc(Cl)cc2s1. The van der Waals surface area contributed by atoms with Gasteiger partial charge in [0.05, 0.1) is 16.1 Å². The number of benzene rings is 1. The molecule has 24 heavy (non-hydrogen) atoms. The number of hydrogen-bond donors (Lipinski definition) is 1. The Morgan fingerprint density at radius 2 is 2.00 bits per heavy atom. The highest BCUT2D eigenvalue weighted by atomic mass is 35.5. The number of amides is 1. The molecule has 1 heterocycles. The lowest BCUT2D eigenvalue weighted by atomic mass is 9.80. The molecule has 1 saturated carbocycles. The molecule has 2 aliphatic carbocycles. The Kier molecular flexibility index (Phi) is 3.71. The molecule has 0 aliphatic heterocycles. The lowest BCUT2D eigenvalue weighted by Crippen LogP contribution is -2.41. The second-order valence-corrected chi connectivity index (χ2v) is 7.81. The number of anilines is 1. The normalized spacial score (nSPS) is 27.8. The Morgan fingerprint density at radius 1 is 1.29 bits per heavy atom. The molecule has 1 fully saturated rings. The van der Waals surface area contributed by atoms with E-state index in [0.29, 0.717) is 15.6 Å². The van der Waals surface area contributed by atoms with Crippen molar-refractivity contribution in [3.63, 3.8) is 0 Å². The molecule has 1 N–H and O–H groups in total. The van der Waals surface area contributed by atoms with E-state index in [1.807, 2.05) is 12.2 Å². The van der Waals surface area contributed by atoms with E-state index in [9.17, 15) is 14.8 Å². The van der Waals surface area contributed by atoms with Crippen molar-refractivity contribution in [2.75, 3.05) is 5.06 Å². The summed E-state index contributed by atoms with van der Waals surface area (Å²) in [6, 6.07) is 5.20. The van der Waals surface area contributed by atoms with Gasteiger partial charge >= 0.3 is 0 Å². The van der Waals surface area contributed by atoms with Crippen molar-refractivity contribution in [3.05, 3.63) is 35.4 Å². The third-order valence-electron chi connectivity index (χ3n) is 4.94. The van der Waals surface area contributed by atoms with Crippen LogP contribution < -0.4 is 5.06 Å². The average Bonchev–Trinajstić information content (AvgIpc) is 3.25. The number of allylic oxidation sites excluding steroid dienone is 2. The van der Waals surface area contributed by atoms with Gasteiger partial charge in [0.25, 0.3) is 5.91 Å². The minimum Gasteiger partial charge on any atom is -0.300 e. The van der Waals surface area contributed by atoms with E-state index >= 15 is 0 Å². The fraction of sp³-hybridized carbons (Fsp3) is 0.353. The number of aromatic nitrogens is 1. The number of Topliss-reactive ketones (excluding diaryl/α,β-unsaturated/α-hetero) is 1. The molecule has 124 valence electrons. The lowest BCUT2D eigenvalue weighted by molar-refractivity contribution is -0.134. The van der Waals surface area contributed by atoms with Crippen molar-refractivity contribution in [2.24, 2.45) is 23.7 Å². The maximum atomic E-state index is 12.8. The zero-order chi connectivity index (χ0) is 17.0. The van der Waals surface area contributed by atoms with Gasteiger partial charge in [-0.3, -0.25) is 14.8 Å². The number of hydroxylamine groups is 1. The van der Waals surface area contributed by atoms with Crippen LogP contribution in [0.1, 0.15) is 13.3 Å². The number of halogens is 1. The van der Waals surface area contributed by atoms with E-state index in [-0.39, 0.29) is 28.7 Å². The minimum atomic E-state index is -0.516. The second kappa shape index (κ2) is 5.65. The Bertz CT molecular complexity index is 878. The fourth-order valence-corrected chi connectivity index (χ4v) is 5.08. The van der Waals surface area contributed by atoms with E-state index in [1.54, 1.807) is 18.2 Å². The molecule has 0 radical (unpaired) electrons. The number of fused-ring (bicyclic) bond motifs is 3. The molecule has 1 amide bonds. The summed E-state index contributed by atoms with van der Waals surface area (Å²) in [7, 11) is 0. The molecule has 1 aromatic heterocycles. The van der Waals surface area contributed by atoms with Crippen LogP contribution >= 0.6 is 22.9 Å². The molecule has 2 bridgehead atoms. The van der Waals surface area contributed by atoms with Crippen molar-refractivity contribution in [1.29, 1.82) is 0 Å². The minimum absolute atomic E-state index is 0.00492. The van der Waals surface area contributed by atoms with E-state index < -0.39 is 11.8 Å². The van der Waals surface area contributed by atoms with E-state index in [0.717, 1.165) is 11.1 Å². The topological polar surface area (TPSA) is 70.5 Å². The fourth-order valence-electron chi connectivity index (χ4n) is 3.93. The highest BCUT2D eigenvalue weighted by molar-refractivity contribution is 7.22. The number of carbonyl (C=O) groups is 2. The summed E-state index contributed by atoms with van der Waals surface area (Å²) in [6.45, 7) is 1.51. The third-order valence-corrected chi connectivity index (χ3v) is 6.17. The first-order valence-corrected chi connectivity index (χ1v) is 8.93. The van der Waals surface area contributed by atoms with E-state index in [2.05, 4.69) is 4.98 Å². The number of rotatable bonds is 3. The Balaban J connectivity index is 1.65. The zero-order valence-corrected chi connectivity index (χ0v) is 14.4. The average molecular weight is 363 g/mol. The molecule has 1 aromatic carbocycles. The van der Waals surface area contributed by atoms with Gasteiger partial charge in [0.15, 0.2) is 0 Å². The van der Waals surface area contributed by atoms with Crippen LogP contribution in [0.2, 0.25) is 5.02 Å². The highest BCUT2D eigenvalue weighted by Crippen LogP contribution is 2.49. The molecule has 0 saturated heterocycles. The first-order chi connectivity index (χ1) is 11.5. The van der Waals surface area contributed by atoms with Crippen molar-refractivity contribution < 1.29 is 14.8 Å². The van der Waals surface area contributed by atoms with Gasteiger partial charge in [-0.2, -0.15) is 5.06 Å². The predicted molar refractivity (Wildman–Crippen MR) is 92.3 cm³/mol. The van der Waals surface area contributed by atoms with Gasteiger partial charge in [0.2, 0.25) is 5.13 Å². The van der Waals surface area contributed by atoms with Gasteiger partial charge < -0.3 is 0 Å². The molecule has 4 atom stereocenters. The van der Waals surface area contributed by atoms with Crippen LogP contribution in [0.5, 0.6) is 0 Å². The van der Waals surface area contributed by atoms with Gasteiger partial charge in [0, 0.05) is 10.9 Å². The molecule has 0 spiro atoms. The van der Waals surface area contributed by atoms with Crippen LogP contribution in [-0.4, -0.2) is 21.9 Å². The van der Waals surface area contributed by atoms with Gasteiger partial charge in [-0.1, -0.05) is 35.1 Å². The summed E-state index contributed by atoms with van der Waals surface area (Å²) < 4.78 is 0.792. The summed E-state index contributed by atoms with van der Waals surface area (Å²) >= 11 is 7.15. The number of nitrogens with zero attached hydrogens (tertiary/aromatic N) is 2. The first kappa shape index (κ1) is 15.7. The highest BCUT2D eigenvalue weighted by Gasteiger charge is 2.51. The number of thiazole rings is 1. The molecule has 4 rings (SSSR count). The Morgan fingerprint density at radius 3 is 2.71 bits per heavy atom. The molecular formula is C17H15ClN2O3S. The van der Waals surface area contributed by atoms with Crippen LogP contribution in [0.25, 0.3) is 10.2 Å². The number of hydrogen-bond acceptors (Lipinski definition) is 5. The van der Waals surface area contributed by atoms with Crippen LogP contribution in [0.4, 0.5) is 5.13 Å². The van der Waals surface area contributed by atoms with Crippen LogP contribution in [-0.2, 0) is 9.59 Å². The predicted octanol–water partition coefficient (Wildman–Crippen LogP) is 3.70. The Hall–Kier alpha value is -1.76. The van der Waals surface area contributed by atoms with Crippen molar-refractivity contribution in [2.45, 2.75) is 13.3 Å². The van der Waals surface area contributed by atoms with Crippen LogP contribution in [0.3, 0.4) is 0 Å². The number of ketones is 1. The van der Waals surface area contributed by atoms with Gasteiger partial charge in [0.1, 0.15) is 5.78 Å². The standard InChI is InChI=1S/C17H15ClN2O3S/c1-8(21)14-9-2-3-10(6-9)15(14)16(22)20(23)17-19-12-5-4-11(18)7-13(12)24-17/h2-5,7,9-10,14-15,23H,6H2,1H3/t9?,10?,14?,15-/m1/s1. The Labute approximate surface area is 147 Å². The molecule has 7 heteroatoms. The summed E-state index contributed by atoms with van der Waals surface area (Å²) in [5.74, 6) is -1.23. The van der Waals surface area contributed by atoms with E-state index in [1.165, 1.54) is 18.3 Å². The lowest BCUT2D eigenvalue weighted by Gasteiger charge is -2.27. The monoisotopic (exact) mass is 362 g/mol. The second-order valence-electron chi connectivity index (χ2n) is 6.37. The molecule has 5 nitrogen and oxygen atoms in total. The van der Waals surface area contributed by atoms with Crippen LogP contribution in [0, 0.1) is 23.7 Å². The van der Waals surface area contributed by atoms with E-state index in [4.69, 9.17) is 11.6 Å². The third kappa shape index (κ3) is 2.37. The van der Waals surface area contributed by atoms with Crippen molar-refractivity contribution in [3.8, 4) is 0 Å².